The molecule has 0 rings (SSSR count). The number of rotatable bonds is 7. The largest absolute Gasteiger partial charge is 0.477 e. The zero-order valence-corrected chi connectivity index (χ0v) is 9.12. The third-order valence-corrected chi connectivity index (χ3v) is 1.86. The first-order chi connectivity index (χ1) is 6.42. The van der Waals surface area contributed by atoms with Gasteiger partial charge in [0.05, 0.1) is 6.61 Å². The predicted octanol–water partition coefficient (Wildman–Crippen LogP) is 1.62. The molecule has 0 saturated heterocycles. The highest BCUT2D eigenvalue weighted by atomic mass is 16.6. The van der Waals surface area contributed by atoms with E-state index in [-0.39, 0.29) is 18.9 Å². The Labute approximate surface area is 84.9 Å². The highest BCUT2D eigenvalue weighted by molar-refractivity contribution is 5.75. The summed E-state index contributed by atoms with van der Waals surface area (Å²) >= 11 is 0. The molecule has 0 aliphatic heterocycles. The highest BCUT2D eigenvalue weighted by Crippen LogP contribution is 2.17. The summed E-state index contributed by atoms with van der Waals surface area (Å²) in [5, 5.41) is 18.4. The lowest BCUT2D eigenvalue weighted by atomic mass is 10.1. The van der Waals surface area contributed by atoms with Gasteiger partial charge in [-0.25, -0.2) is 4.79 Å². The van der Waals surface area contributed by atoms with Crippen LogP contribution in [0.15, 0.2) is 0 Å². The van der Waals surface area contributed by atoms with Gasteiger partial charge in [-0.2, -0.15) is 0 Å². The Morgan fingerprint density at radius 2 is 2.07 bits per heavy atom. The van der Waals surface area contributed by atoms with Crippen molar-refractivity contribution in [2.45, 2.75) is 45.8 Å². The Kier molecular flexibility index (Phi) is 5.72. The molecule has 0 aliphatic carbocycles. The SMILES string of the molecule is CCCCC(O)(OCC(C)C)C(=O)O. The summed E-state index contributed by atoms with van der Waals surface area (Å²) in [5.41, 5.74) is 0. The smallest absolute Gasteiger partial charge is 0.364 e. The van der Waals surface area contributed by atoms with Gasteiger partial charge in [-0.05, 0) is 12.3 Å². The van der Waals surface area contributed by atoms with E-state index in [1.807, 2.05) is 20.8 Å². The van der Waals surface area contributed by atoms with Gasteiger partial charge in [0.15, 0.2) is 0 Å². The maximum Gasteiger partial charge on any atom is 0.364 e. The quantitative estimate of drug-likeness (QED) is 0.618. The van der Waals surface area contributed by atoms with Crippen LogP contribution in [0.2, 0.25) is 0 Å². The Morgan fingerprint density at radius 3 is 2.43 bits per heavy atom. The van der Waals surface area contributed by atoms with E-state index in [0.717, 1.165) is 6.42 Å². The van der Waals surface area contributed by atoms with Gasteiger partial charge in [-0.15, -0.1) is 0 Å². The lowest BCUT2D eigenvalue weighted by Gasteiger charge is -2.24. The summed E-state index contributed by atoms with van der Waals surface area (Å²) in [5.74, 6) is -3.09. The summed E-state index contributed by atoms with van der Waals surface area (Å²) < 4.78 is 5.01. The van der Waals surface area contributed by atoms with E-state index in [4.69, 9.17) is 9.84 Å². The molecule has 0 radical (unpaired) electrons. The number of aliphatic hydroxyl groups is 1. The van der Waals surface area contributed by atoms with Crippen molar-refractivity contribution in [1.82, 2.24) is 0 Å². The number of carboxylic acid groups (broad SMARTS) is 1. The molecule has 0 amide bonds. The van der Waals surface area contributed by atoms with E-state index in [1.54, 1.807) is 0 Å². The van der Waals surface area contributed by atoms with Crippen LogP contribution < -0.4 is 0 Å². The molecule has 0 fully saturated rings. The maximum absolute atomic E-state index is 10.8. The van der Waals surface area contributed by atoms with Gasteiger partial charge in [0.2, 0.25) is 0 Å². The monoisotopic (exact) mass is 204 g/mol. The molecule has 0 aromatic carbocycles. The molecular weight excluding hydrogens is 184 g/mol. The van der Waals surface area contributed by atoms with Gasteiger partial charge in [0, 0.05) is 6.42 Å². The van der Waals surface area contributed by atoms with Gasteiger partial charge >= 0.3 is 5.97 Å². The fraction of sp³-hybridized carbons (Fsp3) is 0.900. The molecule has 4 nitrogen and oxygen atoms in total. The van der Waals surface area contributed by atoms with Crippen molar-refractivity contribution in [3.8, 4) is 0 Å². The summed E-state index contributed by atoms with van der Waals surface area (Å²) in [6, 6.07) is 0. The minimum absolute atomic E-state index is 0.144. The highest BCUT2D eigenvalue weighted by Gasteiger charge is 2.36. The first-order valence-electron chi connectivity index (χ1n) is 5.02. The third kappa shape index (κ3) is 4.58. The second-order valence-corrected chi connectivity index (χ2v) is 3.90. The van der Waals surface area contributed by atoms with Crippen molar-refractivity contribution in [2.24, 2.45) is 5.92 Å². The number of unbranched alkanes of at least 4 members (excludes halogenated alkanes) is 1. The predicted molar refractivity (Wildman–Crippen MR) is 52.9 cm³/mol. The first-order valence-corrected chi connectivity index (χ1v) is 5.02. The average Bonchev–Trinajstić information content (AvgIpc) is 2.11. The molecule has 0 aromatic rings. The zero-order valence-electron chi connectivity index (χ0n) is 9.12. The van der Waals surface area contributed by atoms with Crippen LogP contribution >= 0.6 is 0 Å². The molecule has 0 bridgehead atoms. The van der Waals surface area contributed by atoms with Crippen LogP contribution in [0.25, 0.3) is 0 Å². The van der Waals surface area contributed by atoms with E-state index >= 15 is 0 Å². The Bertz CT molecular complexity index is 179. The molecule has 84 valence electrons. The second-order valence-electron chi connectivity index (χ2n) is 3.90. The van der Waals surface area contributed by atoms with Crippen LogP contribution in [0.3, 0.4) is 0 Å². The molecule has 2 N–H and O–H groups in total. The Hall–Kier alpha value is -0.610. The summed E-state index contributed by atoms with van der Waals surface area (Å²) in [7, 11) is 0. The molecule has 0 heterocycles. The first kappa shape index (κ1) is 13.4. The molecule has 0 spiro atoms. The average molecular weight is 204 g/mol. The Morgan fingerprint density at radius 1 is 1.50 bits per heavy atom. The van der Waals surface area contributed by atoms with Crippen LogP contribution in [0.4, 0.5) is 0 Å². The van der Waals surface area contributed by atoms with E-state index in [9.17, 15) is 9.90 Å². The molecular formula is C10H20O4. The van der Waals surface area contributed by atoms with Gasteiger partial charge < -0.3 is 14.9 Å². The van der Waals surface area contributed by atoms with Crippen molar-refractivity contribution < 1.29 is 19.7 Å². The van der Waals surface area contributed by atoms with E-state index in [1.165, 1.54) is 0 Å². The molecule has 1 atom stereocenters. The number of hydrogen-bond acceptors (Lipinski definition) is 3. The van der Waals surface area contributed by atoms with Gasteiger partial charge in [0.1, 0.15) is 0 Å². The fourth-order valence-electron chi connectivity index (χ4n) is 0.962. The van der Waals surface area contributed by atoms with Crippen LogP contribution in [-0.4, -0.2) is 28.6 Å². The number of carbonyl (C=O) groups is 1. The molecule has 0 aliphatic rings. The third-order valence-electron chi connectivity index (χ3n) is 1.86. The lowest BCUT2D eigenvalue weighted by Crippen LogP contribution is -2.42. The van der Waals surface area contributed by atoms with E-state index in [0.29, 0.717) is 6.42 Å². The van der Waals surface area contributed by atoms with Gasteiger partial charge in [-0.3, -0.25) is 0 Å². The van der Waals surface area contributed by atoms with E-state index < -0.39 is 11.8 Å². The lowest BCUT2D eigenvalue weighted by molar-refractivity contribution is -0.229. The Balaban J connectivity index is 4.17. The van der Waals surface area contributed by atoms with E-state index in [2.05, 4.69) is 0 Å². The minimum atomic E-state index is -2.00. The molecule has 0 saturated carbocycles. The topological polar surface area (TPSA) is 66.8 Å². The van der Waals surface area contributed by atoms with Crippen molar-refractivity contribution >= 4 is 5.97 Å². The summed E-state index contributed by atoms with van der Waals surface area (Å²) in [4.78, 5) is 10.8. The van der Waals surface area contributed by atoms with Crippen LogP contribution in [-0.2, 0) is 9.53 Å². The number of hydrogen-bond donors (Lipinski definition) is 2. The van der Waals surface area contributed by atoms with Crippen molar-refractivity contribution in [1.29, 1.82) is 0 Å². The van der Waals surface area contributed by atoms with Crippen molar-refractivity contribution in [3.05, 3.63) is 0 Å². The number of carboxylic acids is 1. The summed E-state index contributed by atoms with van der Waals surface area (Å²) in [6.45, 7) is 6.00. The molecule has 14 heavy (non-hydrogen) atoms. The van der Waals surface area contributed by atoms with Crippen LogP contribution in [0.5, 0.6) is 0 Å². The van der Waals surface area contributed by atoms with Crippen LogP contribution in [0, 0.1) is 5.92 Å². The molecule has 1 unspecified atom stereocenters. The second kappa shape index (κ2) is 5.98. The normalized spacial score (nSPS) is 15.5. The maximum atomic E-state index is 10.8. The van der Waals surface area contributed by atoms with Crippen LogP contribution in [0.1, 0.15) is 40.0 Å². The van der Waals surface area contributed by atoms with Gasteiger partial charge in [0.25, 0.3) is 5.79 Å². The molecule has 4 heteroatoms. The zero-order chi connectivity index (χ0) is 11.2. The number of aliphatic carboxylic acids is 1. The minimum Gasteiger partial charge on any atom is -0.477 e. The van der Waals surface area contributed by atoms with Gasteiger partial charge in [-0.1, -0.05) is 27.2 Å². The standard InChI is InChI=1S/C10H20O4/c1-4-5-6-10(13,9(11)12)14-7-8(2)3/h8,13H,4-7H2,1-3H3,(H,11,12). The van der Waals surface area contributed by atoms with Crippen molar-refractivity contribution in [3.63, 3.8) is 0 Å². The van der Waals surface area contributed by atoms with Crippen molar-refractivity contribution in [2.75, 3.05) is 6.61 Å². The number of ether oxygens (including phenoxy) is 1. The summed E-state index contributed by atoms with van der Waals surface area (Å²) in [6.07, 6.45) is 1.62. The molecule has 0 aromatic heterocycles. The fourth-order valence-corrected chi connectivity index (χ4v) is 0.962.